The first kappa shape index (κ1) is 9.04. The van der Waals surface area contributed by atoms with Gasteiger partial charge in [-0.3, -0.25) is 4.79 Å². The summed E-state index contributed by atoms with van der Waals surface area (Å²) in [6, 6.07) is 0.608. The summed E-state index contributed by atoms with van der Waals surface area (Å²) >= 11 is 0. The molecule has 1 heterocycles. The van der Waals surface area contributed by atoms with Crippen molar-refractivity contribution in [1.82, 2.24) is 4.90 Å². The Morgan fingerprint density at radius 3 is 2.69 bits per heavy atom. The molecule has 2 nitrogen and oxygen atoms in total. The molecule has 0 spiro atoms. The van der Waals surface area contributed by atoms with Crippen LogP contribution in [0.3, 0.4) is 0 Å². The number of carbonyl (C=O) groups is 1. The summed E-state index contributed by atoms with van der Waals surface area (Å²) in [4.78, 5) is 13.9. The van der Waals surface area contributed by atoms with Gasteiger partial charge in [0.2, 0.25) is 5.91 Å². The number of carbonyl (C=O) groups excluding carboxylic acids is 1. The van der Waals surface area contributed by atoms with Gasteiger partial charge in [-0.2, -0.15) is 0 Å². The van der Waals surface area contributed by atoms with E-state index in [0.717, 1.165) is 18.9 Å². The van der Waals surface area contributed by atoms with Crippen molar-refractivity contribution in [3.05, 3.63) is 0 Å². The average Bonchev–Trinajstić information content (AvgIpc) is 2.62. The number of rotatable bonds is 2. The molecule has 1 amide bonds. The molecule has 2 heteroatoms. The van der Waals surface area contributed by atoms with E-state index < -0.39 is 0 Å². The Bertz CT molecular complexity index is 212. The number of fused-ring (bicyclic) bond motifs is 2. The van der Waals surface area contributed by atoms with E-state index in [2.05, 4.69) is 18.7 Å². The molecule has 1 aliphatic heterocycles. The maximum absolute atomic E-state index is 11.8. The Kier molecular flexibility index (Phi) is 2.31. The van der Waals surface area contributed by atoms with Gasteiger partial charge >= 0.3 is 0 Å². The van der Waals surface area contributed by atoms with Crippen molar-refractivity contribution in [2.75, 3.05) is 6.54 Å². The van der Waals surface area contributed by atoms with E-state index in [1.165, 1.54) is 19.3 Å². The van der Waals surface area contributed by atoms with Gasteiger partial charge in [0, 0.05) is 19.0 Å². The quantitative estimate of drug-likeness (QED) is 0.638. The molecule has 2 atom stereocenters. The second-order valence-electron chi connectivity index (χ2n) is 4.98. The highest BCUT2D eigenvalue weighted by atomic mass is 16.2. The van der Waals surface area contributed by atoms with Crippen LogP contribution in [0.15, 0.2) is 0 Å². The normalized spacial score (nSPS) is 31.8. The van der Waals surface area contributed by atoms with Gasteiger partial charge < -0.3 is 4.90 Å². The van der Waals surface area contributed by atoms with Crippen LogP contribution in [0.5, 0.6) is 0 Å². The van der Waals surface area contributed by atoms with Gasteiger partial charge in [0.25, 0.3) is 0 Å². The molecule has 13 heavy (non-hydrogen) atoms. The van der Waals surface area contributed by atoms with Crippen LogP contribution in [-0.2, 0) is 4.79 Å². The first-order valence-electron chi connectivity index (χ1n) is 5.46. The van der Waals surface area contributed by atoms with Crippen LogP contribution in [0.25, 0.3) is 0 Å². The highest BCUT2D eigenvalue weighted by molar-refractivity contribution is 5.77. The first-order chi connectivity index (χ1) is 6.16. The number of likely N-dealkylation sites (tertiary alicyclic amines) is 1. The third kappa shape index (κ3) is 1.72. The molecule has 1 saturated carbocycles. The van der Waals surface area contributed by atoms with Gasteiger partial charge in [-0.05, 0) is 31.1 Å². The molecule has 2 fully saturated rings. The molecule has 74 valence electrons. The summed E-state index contributed by atoms with van der Waals surface area (Å²) in [7, 11) is 0. The molecule has 2 bridgehead atoms. The molecule has 0 unspecified atom stereocenters. The predicted molar refractivity (Wildman–Crippen MR) is 52.3 cm³/mol. The summed E-state index contributed by atoms with van der Waals surface area (Å²) in [5, 5.41) is 0. The number of nitrogens with zero attached hydrogens (tertiary/aromatic N) is 1. The van der Waals surface area contributed by atoms with E-state index in [-0.39, 0.29) is 0 Å². The number of hydrogen-bond acceptors (Lipinski definition) is 1. The number of amides is 1. The second-order valence-corrected chi connectivity index (χ2v) is 4.98. The number of piperidine rings is 1. The van der Waals surface area contributed by atoms with Crippen molar-refractivity contribution >= 4 is 5.91 Å². The van der Waals surface area contributed by atoms with Crippen LogP contribution in [0, 0.1) is 11.8 Å². The third-order valence-electron chi connectivity index (χ3n) is 3.31. The van der Waals surface area contributed by atoms with Crippen molar-refractivity contribution in [3.63, 3.8) is 0 Å². The molecule has 0 aromatic heterocycles. The van der Waals surface area contributed by atoms with E-state index in [1.807, 2.05) is 0 Å². The highest BCUT2D eigenvalue weighted by Gasteiger charge is 2.39. The van der Waals surface area contributed by atoms with E-state index >= 15 is 0 Å². The molecule has 0 aromatic rings. The van der Waals surface area contributed by atoms with Gasteiger partial charge in [0.15, 0.2) is 0 Å². The fraction of sp³-hybridized carbons (Fsp3) is 0.909. The molecule has 0 radical (unpaired) electrons. The molecule has 1 saturated heterocycles. The fourth-order valence-electron chi connectivity index (χ4n) is 2.70. The van der Waals surface area contributed by atoms with E-state index in [1.54, 1.807) is 0 Å². The third-order valence-corrected chi connectivity index (χ3v) is 3.31. The molecule has 1 aliphatic carbocycles. The summed E-state index contributed by atoms with van der Waals surface area (Å²) in [6.07, 6.45) is 4.64. The SMILES string of the molecule is CC(C)CC(=O)N1C[C@H]2CC[C@@H]1C2. The van der Waals surface area contributed by atoms with Gasteiger partial charge in [-0.15, -0.1) is 0 Å². The largest absolute Gasteiger partial charge is 0.339 e. The monoisotopic (exact) mass is 181 g/mol. The Hall–Kier alpha value is -0.530. The summed E-state index contributed by atoms with van der Waals surface area (Å²) < 4.78 is 0. The lowest BCUT2D eigenvalue weighted by Crippen LogP contribution is -2.38. The Labute approximate surface area is 80.3 Å². The minimum absolute atomic E-state index is 0.391. The van der Waals surface area contributed by atoms with Crippen LogP contribution in [0.1, 0.15) is 39.5 Å². The van der Waals surface area contributed by atoms with Crippen molar-refractivity contribution in [2.45, 2.75) is 45.6 Å². The van der Waals surface area contributed by atoms with Gasteiger partial charge in [-0.1, -0.05) is 13.8 Å². The zero-order valence-electron chi connectivity index (χ0n) is 8.62. The predicted octanol–water partition coefficient (Wildman–Crippen LogP) is 2.04. The lowest BCUT2D eigenvalue weighted by Gasteiger charge is -2.27. The van der Waals surface area contributed by atoms with Gasteiger partial charge in [0.1, 0.15) is 0 Å². The lowest BCUT2D eigenvalue weighted by molar-refractivity contribution is -0.133. The van der Waals surface area contributed by atoms with Crippen LogP contribution < -0.4 is 0 Å². The van der Waals surface area contributed by atoms with Crippen molar-refractivity contribution in [1.29, 1.82) is 0 Å². The standard InChI is InChI=1S/C11H19NO/c1-8(2)5-11(13)12-7-9-3-4-10(12)6-9/h8-10H,3-7H2,1-2H3/t9-,10+/m0/s1. The van der Waals surface area contributed by atoms with Crippen LogP contribution in [0.2, 0.25) is 0 Å². The first-order valence-corrected chi connectivity index (χ1v) is 5.46. The summed E-state index contributed by atoms with van der Waals surface area (Å²) in [6.45, 7) is 5.29. The topological polar surface area (TPSA) is 20.3 Å². The smallest absolute Gasteiger partial charge is 0.223 e. The second kappa shape index (κ2) is 3.32. The molecule has 0 aromatic carbocycles. The van der Waals surface area contributed by atoms with Gasteiger partial charge in [-0.25, -0.2) is 0 Å². The number of hydrogen-bond donors (Lipinski definition) is 0. The average molecular weight is 181 g/mol. The maximum Gasteiger partial charge on any atom is 0.223 e. The highest BCUT2D eigenvalue weighted by Crippen LogP contribution is 2.37. The van der Waals surface area contributed by atoms with E-state index in [0.29, 0.717) is 17.9 Å². The maximum atomic E-state index is 11.8. The Morgan fingerprint density at radius 2 is 2.23 bits per heavy atom. The summed E-state index contributed by atoms with van der Waals surface area (Å²) in [5.74, 6) is 1.73. The minimum Gasteiger partial charge on any atom is -0.339 e. The molecular weight excluding hydrogens is 162 g/mol. The zero-order chi connectivity index (χ0) is 9.42. The van der Waals surface area contributed by atoms with E-state index in [9.17, 15) is 4.79 Å². The molecular formula is C11H19NO. The Balaban J connectivity index is 1.91. The van der Waals surface area contributed by atoms with Crippen LogP contribution >= 0.6 is 0 Å². The molecule has 2 aliphatic rings. The van der Waals surface area contributed by atoms with Crippen molar-refractivity contribution in [3.8, 4) is 0 Å². The zero-order valence-corrected chi connectivity index (χ0v) is 8.62. The fourth-order valence-corrected chi connectivity index (χ4v) is 2.70. The van der Waals surface area contributed by atoms with Gasteiger partial charge in [0.05, 0.1) is 0 Å². The lowest BCUT2D eigenvalue weighted by atomic mass is 10.1. The van der Waals surface area contributed by atoms with E-state index in [4.69, 9.17) is 0 Å². The summed E-state index contributed by atoms with van der Waals surface area (Å²) in [5.41, 5.74) is 0. The molecule has 0 N–H and O–H groups in total. The van der Waals surface area contributed by atoms with Crippen LogP contribution in [-0.4, -0.2) is 23.4 Å². The molecule has 2 rings (SSSR count). The Morgan fingerprint density at radius 1 is 1.46 bits per heavy atom. The van der Waals surface area contributed by atoms with Crippen molar-refractivity contribution < 1.29 is 4.79 Å². The van der Waals surface area contributed by atoms with Crippen LogP contribution in [0.4, 0.5) is 0 Å². The van der Waals surface area contributed by atoms with Crippen molar-refractivity contribution in [2.24, 2.45) is 11.8 Å². The minimum atomic E-state index is 0.391.